The van der Waals surface area contributed by atoms with Gasteiger partial charge in [0.05, 0.1) is 4.47 Å². The van der Waals surface area contributed by atoms with Gasteiger partial charge >= 0.3 is 0 Å². The van der Waals surface area contributed by atoms with E-state index < -0.39 is 0 Å². The van der Waals surface area contributed by atoms with Gasteiger partial charge in [-0.15, -0.1) is 5.10 Å². The SMILES string of the molecule is CC(C)C(C)Cn1nnnc1-c1cccc(N)c1Br. The average Bonchev–Trinajstić information content (AvgIpc) is 2.80. The standard InChI is InChI=1S/C13H18BrN5/c1-8(2)9(3)7-19-13(16-17-18-19)10-5-4-6-11(15)12(10)14/h4-6,8-9H,7,15H2,1-3H3. The first kappa shape index (κ1) is 14.0. The van der Waals surface area contributed by atoms with Crippen LogP contribution in [0.15, 0.2) is 22.7 Å². The van der Waals surface area contributed by atoms with Crippen molar-refractivity contribution in [1.82, 2.24) is 20.2 Å². The number of nitrogens with zero attached hydrogens (tertiary/aromatic N) is 4. The third kappa shape index (κ3) is 2.94. The molecular formula is C13H18BrN5. The van der Waals surface area contributed by atoms with Gasteiger partial charge in [0.25, 0.3) is 0 Å². The van der Waals surface area contributed by atoms with E-state index in [1.807, 2.05) is 22.9 Å². The molecule has 0 aliphatic heterocycles. The zero-order valence-electron chi connectivity index (χ0n) is 11.3. The number of tetrazole rings is 1. The summed E-state index contributed by atoms with van der Waals surface area (Å²) in [4.78, 5) is 0. The molecule has 0 aliphatic rings. The minimum absolute atomic E-state index is 0.502. The van der Waals surface area contributed by atoms with E-state index in [2.05, 4.69) is 52.2 Å². The molecule has 1 aromatic heterocycles. The number of rotatable bonds is 4. The average molecular weight is 324 g/mol. The Balaban J connectivity index is 2.36. The predicted octanol–water partition coefficient (Wildman–Crippen LogP) is 2.98. The van der Waals surface area contributed by atoms with Crippen molar-refractivity contribution < 1.29 is 0 Å². The van der Waals surface area contributed by atoms with Crippen molar-refractivity contribution in [3.05, 3.63) is 22.7 Å². The molecule has 0 spiro atoms. The number of halogens is 1. The van der Waals surface area contributed by atoms with Crippen LogP contribution in [0.1, 0.15) is 20.8 Å². The topological polar surface area (TPSA) is 69.6 Å². The first-order valence-corrected chi connectivity index (χ1v) is 7.10. The van der Waals surface area contributed by atoms with Gasteiger partial charge in [0.2, 0.25) is 0 Å². The molecule has 0 aliphatic carbocycles. The van der Waals surface area contributed by atoms with Crippen LogP contribution in [-0.2, 0) is 6.54 Å². The third-order valence-corrected chi connectivity index (χ3v) is 4.29. The Bertz CT molecular complexity index is 564. The second-order valence-electron chi connectivity index (χ2n) is 5.11. The van der Waals surface area contributed by atoms with Gasteiger partial charge in [-0.05, 0) is 50.3 Å². The number of aromatic nitrogens is 4. The maximum Gasteiger partial charge on any atom is 0.183 e. The monoisotopic (exact) mass is 323 g/mol. The Morgan fingerprint density at radius 2 is 2.05 bits per heavy atom. The van der Waals surface area contributed by atoms with Gasteiger partial charge in [-0.1, -0.05) is 26.8 Å². The molecule has 0 fully saturated rings. The molecule has 2 rings (SSSR count). The molecule has 1 heterocycles. The summed E-state index contributed by atoms with van der Waals surface area (Å²) in [5.74, 6) is 1.83. The summed E-state index contributed by atoms with van der Waals surface area (Å²) in [7, 11) is 0. The van der Waals surface area contributed by atoms with Gasteiger partial charge in [0, 0.05) is 17.8 Å². The van der Waals surface area contributed by atoms with Crippen LogP contribution in [0.5, 0.6) is 0 Å². The van der Waals surface area contributed by atoms with Gasteiger partial charge in [-0.25, -0.2) is 4.68 Å². The number of nitrogen functional groups attached to an aromatic ring is 1. The van der Waals surface area contributed by atoms with Gasteiger partial charge in [0.1, 0.15) is 0 Å². The molecule has 0 radical (unpaired) electrons. The first-order valence-electron chi connectivity index (χ1n) is 6.31. The van der Waals surface area contributed by atoms with Crippen molar-refractivity contribution in [1.29, 1.82) is 0 Å². The quantitative estimate of drug-likeness (QED) is 0.878. The van der Waals surface area contributed by atoms with Crippen molar-refractivity contribution in [2.24, 2.45) is 11.8 Å². The van der Waals surface area contributed by atoms with Crippen LogP contribution in [0.25, 0.3) is 11.4 Å². The Labute approximate surface area is 121 Å². The Morgan fingerprint density at radius 1 is 1.32 bits per heavy atom. The second kappa shape index (κ2) is 5.69. The van der Waals surface area contributed by atoms with E-state index >= 15 is 0 Å². The van der Waals surface area contributed by atoms with Crippen LogP contribution in [0.2, 0.25) is 0 Å². The molecule has 0 saturated carbocycles. The molecule has 0 amide bonds. The summed E-state index contributed by atoms with van der Waals surface area (Å²) in [6.07, 6.45) is 0. The maximum atomic E-state index is 5.90. The lowest BCUT2D eigenvalue weighted by atomic mass is 9.98. The Morgan fingerprint density at radius 3 is 2.74 bits per heavy atom. The zero-order valence-corrected chi connectivity index (χ0v) is 12.9. The fourth-order valence-corrected chi connectivity index (χ4v) is 2.17. The molecule has 102 valence electrons. The summed E-state index contributed by atoms with van der Waals surface area (Å²) in [6.45, 7) is 7.39. The minimum atomic E-state index is 0.502. The van der Waals surface area contributed by atoms with E-state index in [-0.39, 0.29) is 0 Å². The highest BCUT2D eigenvalue weighted by molar-refractivity contribution is 9.10. The fourth-order valence-electron chi connectivity index (χ4n) is 1.73. The van der Waals surface area contributed by atoms with Crippen molar-refractivity contribution in [3.63, 3.8) is 0 Å². The molecule has 0 bridgehead atoms. The minimum Gasteiger partial charge on any atom is -0.398 e. The lowest BCUT2D eigenvalue weighted by Crippen LogP contribution is -2.15. The summed E-state index contributed by atoms with van der Waals surface area (Å²) in [5.41, 5.74) is 7.50. The number of hydrogen-bond acceptors (Lipinski definition) is 4. The predicted molar refractivity (Wildman–Crippen MR) is 79.4 cm³/mol. The van der Waals surface area contributed by atoms with Crippen LogP contribution in [0, 0.1) is 11.8 Å². The molecule has 1 atom stereocenters. The van der Waals surface area contributed by atoms with Crippen molar-refractivity contribution in [2.45, 2.75) is 27.3 Å². The molecule has 1 aromatic carbocycles. The van der Waals surface area contributed by atoms with Gasteiger partial charge in [-0.3, -0.25) is 0 Å². The van der Waals surface area contributed by atoms with Crippen LogP contribution in [0.3, 0.4) is 0 Å². The smallest absolute Gasteiger partial charge is 0.183 e. The second-order valence-corrected chi connectivity index (χ2v) is 5.91. The molecule has 6 heteroatoms. The van der Waals surface area contributed by atoms with Crippen LogP contribution in [0.4, 0.5) is 5.69 Å². The van der Waals surface area contributed by atoms with Gasteiger partial charge in [0.15, 0.2) is 5.82 Å². The first-order chi connectivity index (χ1) is 9.00. The van der Waals surface area contributed by atoms with Crippen molar-refractivity contribution in [3.8, 4) is 11.4 Å². The van der Waals surface area contributed by atoms with Crippen LogP contribution < -0.4 is 5.73 Å². The lowest BCUT2D eigenvalue weighted by Gasteiger charge is -2.16. The summed E-state index contributed by atoms with van der Waals surface area (Å²) in [6, 6.07) is 5.71. The van der Waals surface area contributed by atoms with E-state index in [9.17, 15) is 0 Å². The third-order valence-electron chi connectivity index (χ3n) is 3.40. The van der Waals surface area contributed by atoms with Crippen LogP contribution in [-0.4, -0.2) is 20.2 Å². The number of benzene rings is 1. The highest BCUT2D eigenvalue weighted by Gasteiger charge is 2.16. The molecule has 2 N–H and O–H groups in total. The normalized spacial score (nSPS) is 12.9. The zero-order chi connectivity index (χ0) is 14.0. The largest absolute Gasteiger partial charge is 0.398 e. The number of hydrogen-bond donors (Lipinski definition) is 1. The summed E-state index contributed by atoms with van der Waals surface area (Å²) in [5, 5.41) is 12.0. The number of nitrogens with two attached hydrogens (primary N) is 1. The van der Waals surface area contributed by atoms with E-state index in [4.69, 9.17) is 5.73 Å². The Hall–Kier alpha value is -1.43. The van der Waals surface area contributed by atoms with E-state index in [0.717, 1.165) is 22.4 Å². The molecule has 19 heavy (non-hydrogen) atoms. The highest BCUT2D eigenvalue weighted by Crippen LogP contribution is 2.31. The van der Waals surface area contributed by atoms with Gasteiger partial charge in [-0.2, -0.15) is 0 Å². The molecule has 0 saturated heterocycles. The van der Waals surface area contributed by atoms with Gasteiger partial charge < -0.3 is 5.73 Å². The Kier molecular flexibility index (Phi) is 4.19. The fraction of sp³-hybridized carbons (Fsp3) is 0.462. The molecule has 2 aromatic rings. The van der Waals surface area contributed by atoms with Crippen LogP contribution >= 0.6 is 15.9 Å². The highest BCUT2D eigenvalue weighted by atomic mass is 79.9. The maximum absolute atomic E-state index is 5.90. The van der Waals surface area contributed by atoms with Crippen molar-refractivity contribution in [2.75, 3.05) is 5.73 Å². The molecular weight excluding hydrogens is 306 g/mol. The number of anilines is 1. The van der Waals surface area contributed by atoms with Crippen molar-refractivity contribution >= 4 is 21.6 Å². The lowest BCUT2D eigenvalue weighted by molar-refractivity contribution is 0.347. The molecule has 1 unspecified atom stereocenters. The summed E-state index contributed by atoms with van der Waals surface area (Å²) >= 11 is 3.50. The van der Waals surface area contributed by atoms with E-state index in [0.29, 0.717) is 17.5 Å². The molecule has 5 nitrogen and oxygen atoms in total. The van der Waals surface area contributed by atoms with E-state index in [1.54, 1.807) is 0 Å². The van der Waals surface area contributed by atoms with E-state index in [1.165, 1.54) is 0 Å². The summed E-state index contributed by atoms with van der Waals surface area (Å²) < 4.78 is 2.67.